The molecule has 2 aromatic rings. The molecule has 5 nitrogen and oxygen atoms in total. The summed E-state index contributed by atoms with van der Waals surface area (Å²) >= 11 is 0. The van der Waals surface area contributed by atoms with Crippen LogP contribution in [0.3, 0.4) is 0 Å². The fraction of sp³-hybridized carbons (Fsp3) is 0.412. The van der Waals surface area contributed by atoms with Crippen LogP contribution in [0, 0.1) is 0 Å². The van der Waals surface area contributed by atoms with Crippen molar-refractivity contribution >= 4 is 5.91 Å². The molecule has 3 rings (SSSR count). The number of amides is 1. The average molecular weight is 298 g/mol. The van der Waals surface area contributed by atoms with Gasteiger partial charge in [0, 0.05) is 31.4 Å². The van der Waals surface area contributed by atoms with E-state index in [4.69, 9.17) is 0 Å². The first-order valence-electron chi connectivity index (χ1n) is 7.85. The van der Waals surface area contributed by atoms with Crippen LogP contribution in [0.1, 0.15) is 30.4 Å². The molecule has 2 N–H and O–H groups in total. The van der Waals surface area contributed by atoms with Crippen LogP contribution in [0.25, 0.3) is 0 Å². The van der Waals surface area contributed by atoms with Crippen molar-refractivity contribution in [3.8, 4) is 0 Å². The molecule has 1 aromatic carbocycles. The van der Waals surface area contributed by atoms with Crippen LogP contribution in [0.5, 0.6) is 0 Å². The Hall–Kier alpha value is -2.14. The summed E-state index contributed by atoms with van der Waals surface area (Å²) in [5.74, 6) is 0.125. The van der Waals surface area contributed by atoms with Gasteiger partial charge < -0.3 is 10.6 Å². The highest BCUT2D eigenvalue weighted by molar-refractivity contribution is 5.76. The molecule has 1 amide bonds. The molecule has 1 aliphatic heterocycles. The molecule has 1 aliphatic rings. The van der Waals surface area contributed by atoms with Crippen LogP contribution in [0.4, 0.5) is 0 Å². The third kappa shape index (κ3) is 4.18. The van der Waals surface area contributed by atoms with Crippen LogP contribution < -0.4 is 10.6 Å². The molecule has 22 heavy (non-hydrogen) atoms. The van der Waals surface area contributed by atoms with Crippen molar-refractivity contribution in [2.24, 2.45) is 0 Å². The maximum absolute atomic E-state index is 11.9. The van der Waals surface area contributed by atoms with Crippen molar-refractivity contribution in [1.29, 1.82) is 0 Å². The molecule has 0 bridgehead atoms. The van der Waals surface area contributed by atoms with Crippen LogP contribution in [-0.4, -0.2) is 28.3 Å². The Morgan fingerprint density at radius 3 is 2.82 bits per heavy atom. The minimum atomic E-state index is 0.125. The fourth-order valence-electron chi connectivity index (χ4n) is 2.77. The molecular weight excluding hydrogens is 276 g/mol. The van der Waals surface area contributed by atoms with Gasteiger partial charge in [0.05, 0.1) is 6.54 Å². The van der Waals surface area contributed by atoms with E-state index in [9.17, 15) is 4.79 Å². The Morgan fingerprint density at radius 2 is 2.14 bits per heavy atom. The second kappa shape index (κ2) is 7.22. The standard InChI is InChI=1S/C17H22N4O/c22-17(11-16-3-1-8-18-16)19-12-14-4-6-15(7-5-14)13-21-10-2-9-20-21/h2,4-7,9-10,16,18H,1,3,8,11-13H2,(H,19,22). The van der Waals surface area contributed by atoms with E-state index in [1.165, 1.54) is 12.0 Å². The lowest BCUT2D eigenvalue weighted by Crippen LogP contribution is -2.31. The molecule has 1 fully saturated rings. The average Bonchev–Trinajstić information content (AvgIpc) is 3.20. The van der Waals surface area contributed by atoms with Gasteiger partial charge in [0.2, 0.25) is 5.91 Å². The van der Waals surface area contributed by atoms with E-state index in [1.807, 2.05) is 16.9 Å². The van der Waals surface area contributed by atoms with E-state index in [0.717, 1.165) is 25.1 Å². The number of hydrogen-bond donors (Lipinski definition) is 2. The first-order valence-corrected chi connectivity index (χ1v) is 7.85. The van der Waals surface area contributed by atoms with Crippen LogP contribution in [0.2, 0.25) is 0 Å². The Kier molecular flexibility index (Phi) is 4.85. The van der Waals surface area contributed by atoms with E-state index < -0.39 is 0 Å². The van der Waals surface area contributed by atoms with Crippen molar-refractivity contribution < 1.29 is 4.79 Å². The summed E-state index contributed by atoms with van der Waals surface area (Å²) in [6.45, 7) is 2.40. The summed E-state index contributed by atoms with van der Waals surface area (Å²) in [7, 11) is 0. The molecule has 1 aromatic heterocycles. The number of nitrogens with one attached hydrogen (secondary N) is 2. The fourth-order valence-corrected chi connectivity index (χ4v) is 2.77. The van der Waals surface area contributed by atoms with Gasteiger partial charge >= 0.3 is 0 Å². The Balaban J connectivity index is 1.45. The maximum Gasteiger partial charge on any atom is 0.221 e. The van der Waals surface area contributed by atoms with Gasteiger partial charge in [-0.15, -0.1) is 0 Å². The zero-order chi connectivity index (χ0) is 15.2. The third-order valence-corrected chi connectivity index (χ3v) is 4.01. The van der Waals surface area contributed by atoms with Crippen molar-refractivity contribution in [2.75, 3.05) is 6.54 Å². The number of hydrogen-bond acceptors (Lipinski definition) is 3. The lowest BCUT2D eigenvalue weighted by Gasteiger charge is -2.11. The third-order valence-electron chi connectivity index (χ3n) is 4.01. The number of aromatic nitrogens is 2. The molecule has 2 heterocycles. The largest absolute Gasteiger partial charge is 0.352 e. The van der Waals surface area contributed by atoms with Crippen molar-refractivity contribution in [3.63, 3.8) is 0 Å². The van der Waals surface area contributed by atoms with E-state index in [2.05, 4.69) is 40.0 Å². The molecule has 1 saturated heterocycles. The first kappa shape index (κ1) is 14.8. The number of benzene rings is 1. The van der Waals surface area contributed by atoms with Gasteiger partial charge in [-0.3, -0.25) is 9.48 Å². The molecule has 0 radical (unpaired) electrons. The predicted molar refractivity (Wildman–Crippen MR) is 85.3 cm³/mol. The molecule has 116 valence electrons. The first-order chi connectivity index (χ1) is 10.8. The Morgan fingerprint density at radius 1 is 1.32 bits per heavy atom. The number of nitrogens with zero attached hydrogens (tertiary/aromatic N) is 2. The van der Waals surface area contributed by atoms with Crippen molar-refractivity contribution in [1.82, 2.24) is 20.4 Å². The van der Waals surface area contributed by atoms with Gasteiger partial charge in [-0.1, -0.05) is 24.3 Å². The van der Waals surface area contributed by atoms with Crippen molar-refractivity contribution in [2.45, 2.75) is 38.4 Å². The summed E-state index contributed by atoms with van der Waals surface area (Å²) in [4.78, 5) is 11.9. The van der Waals surface area contributed by atoms with Gasteiger partial charge in [-0.05, 0) is 36.6 Å². The molecule has 0 spiro atoms. The molecule has 0 saturated carbocycles. The monoisotopic (exact) mass is 298 g/mol. The van der Waals surface area contributed by atoms with Crippen LogP contribution in [0.15, 0.2) is 42.7 Å². The maximum atomic E-state index is 11.9. The molecular formula is C17H22N4O. The normalized spacial score (nSPS) is 17.5. The molecule has 0 aliphatic carbocycles. The zero-order valence-electron chi connectivity index (χ0n) is 12.7. The van der Waals surface area contributed by atoms with Gasteiger partial charge in [-0.25, -0.2) is 0 Å². The summed E-state index contributed by atoms with van der Waals surface area (Å²) < 4.78 is 1.89. The minimum absolute atomic E-state index is 0.125. The van der Waals surface area contributed by atoms with Gasteiger partial charge in [0.1, 0.15) is 0 Å². The predicted octanol–water partition coefficient (Wildman–Crippen LogP) is 1.69. The summed E-state index contributed by atoms with van der Waals surface area (Å²) in [5.41, 5.74) is 2.32. The lowest BCUT2D eigenvalue weighted by atomic mass is 10.1. The molecule has 1 atom stereocenters. The summed E-state index contributed by atoms with van der Waals surface area (Å²) in [6.07, 6.45) is 6.59. The van der Waals surface area contributed by atoms with E-state index in [1.54, 1.807) is 6.20 Å². The number of rotatable bonds is 6. The summed E-state index contributed by atoms with van der Waals surface area (Å²) in [6, 6.07) is 10.6. The molecule has 5 heteroatoms. The molecule has 1 unspecified atom stereocenters. The SMILES string of the molecule is O=C(CC1CCCN1)NCc1ccc(Cn2cccn2)cc1. The highest BCUT2D eigenvalue weighted by Crippen LogP contribution is 2.09. The minimum Gasteiger partial charge on any atom is -0.352 e. The lowest BCUT2D eigenvalue weighted by molar-refractivity contribution is -0.121. The van der Waals surface area contributed by atoms with E-state index in [-0.39, 0.29) is 5.91 Å². The van der Waals surface area contributed by atoms with Crippen LogP contribution >= 0.6 is 0 Å². The van der Waals surface area contributed by atoms with Crippen molar-refractivity contribution in [3.05, 3.63) is 53.9 Å². The zero-order valence-corrected chi connectivity index (χ0v) is 12.7. The number of carbonyl (C=O) groups is 1. The Labute approximate surface area is 130 Å². The topological polar surface area (TPSA) is 59.0 Å². The highest BCUT2D eigenvalue weighted by Gasteiger charge is 2.17. The van der Waals surface area contributed by atoms with Gasteiger partial charge in [-0.2, -0.15) is 5.10 Å². The second-order valence-electron chi connectivity index (χ2n) is 5.79. The van der Waals surface area contributed by atoms with E-state index in [0.29, 0.717) is 19.0 Å². The quantitative estimate of drug-likeness (QED) is 0.853. The van der Waals surface area contributed by atoms with E-state index >= 15 is 0 Å². The van der Waals surface area contributed by atoms with Gasteiger partial charge in [0.15, 0.2) is 0 Å². The highest BCUT2D eigenvalue weighted by atomic mass is 16.1. The number of carbonyl (C=O) groups excluding carboxylic acids is 1. The Bertz CT molecular complexity index is 586. The van der Waals surface area contributed by atoms with Gasteiger partial charge in [0.25, 0.3) is 0 Å². The second-order valence-corrected chi connectivity index (χ2v) is 5.79. The smallest absolute Gasteiger partial charge is 0.221 e. The summed E-state index contributed by atoms with van der Waals surface area (Å²) in [5, 5.41) is 10.5. The van der Waals surface area contributed by atoms with Crippen LogP contribution in [-0.2, 0) is 17.9 Å².